The number of nitrogens with one attached hydrogen (secondary N) is 2. The standard InChI is InChI=1S/C16H23N3O4S/c1-2-7-17-16(20)14-3-5-15(6-4-14)24(21,22)18-8-9-19-10-12-23-13-11-19/h2-6,18H,1,7-13H2,(H,17,20). The van der Waals surface area contributed by atoms with E-state index in [0.717, 1.165) is 13.1 Å². The molecule has 0 unspecified atom stereocenters. The lowest BCUT2D eigenvalue weighted by atomic mass is 10.2. The van der Waals surface area contributed by atoms with Crippen LogP contribution in [0.15, 0.2) is 41.8 Å². The second kappa shape index (κ2) is 8.93. The van der Waals surface area contributed by atoms with Crippen molar-refractivity contribution in [3.8, 4) is 0 Å². The van der Waals surface area contributed by atoms with Gasteiger partial charge in [-0.05, 0) is 24.3 Å². The van der Waals surface area contributed by atoms with Gasteiger partial charge < -0.3 is 10.1 Å². The minimum atomic E-state index is -3.58. The molecule has 1 amide bonds. The molecule has 0 aliphatic carbocycles. The molecule has 1 aliphatic rings. The second-order valence-electron chi connectivity index (χ2n) is 5.37. The zero-order valence-electron chi connectivity index (χ0n) is 13.5. The highest BCUT2D eigenvalue weighted by molar-refractivity contribution is 7.89. The summed E-state index contributed by atoms with van der Waals surface area (Å²) in [7, 11) is -3.58. The lowest BCUT2D eigenvalue weighted by Gasteiger charge is -2.26. The van der Waals surface area contributed by atoms with E-state index in [0.29, 0.717) is 38.4 Å². The predicted molar refractivity (Wildman–Crippen MR) is 91.4 cm³/mol. The van der Waals surface area contributed by atoms with Crippen LogP contribution in [-0.4, -0.2) is 65.2 Å². The number of sulfonamides is 1. The summed E-state index contributed by atoms with van der Waals surface area (Å²) in [5.74, 6) is -0.265. The molecular weight excluding hydrogens is 330 g/mol. The van der Waals surface area contributed by atoms with Crippen LogP contribution in [0.1, 0.15) is 10.4 Å². The number of benzene rings is 1. The van der Waals surface area contributed by atoms with Gasteiger partial charge in [0.25, 0.3) is 5.91 Å². The van der Waals surface area contributed by atoms with Gasteiger partial charge in [-0.15, -0.1) is 6.58 Å². The molecule has 0 saturated carbocycles. The van der Waals surface area contributed by atoms with Crippen molar-refractivity contribution in [2.24, 2.45) is 0 Å². The van der Waals surface area contributed by atoms with Crippen molar-refractivity contribution in [3.05, 3.63) is 42.5 Å². The first-order chi connectivity index (χ1) is 11.5. The first-order valence-corrected chi connectivity index (χ1v) is 9.30. The fraction of sp³-hybridized carbons (Fsp3) is 0.438. The zero-order valence-corrected chi connectivity index (χ0v) is 14.3. The van der Waals surface area contributed by atoms with Crippen LogP contribution >= 0.6 is 0 Å². The molecule has 0 spiro atoms. The third-order valence-corrected chi connectivity index (χ3v) is 5.13. The van der Waals surface area contributed by atoms with Crippen molar-refractivity contribution in [2.45, 2.75) is 4.90 Å². The van der Waals surface area contributed by atoms with Gasteiger partial charge in [-0.25, -0.2) is 13.1 Å². The van der Waals surface area contributed by atoms with Crippen molar-refractivity contribution < 1.29 is 17.9 Å². The Kier molecular flexibility index (Phi) is 6.92. The monoisotopic (exact) mass is 353 g/mol. The molecule has 0 aromatic heterocycles. The highest BCUT2D eigenvalue weighted by Crippen LogP contribution is 2.10. The second-order valence-corrected chi connectivity index (χ2v) is 7.14. The van der Waals surface area contributed by atoms with Crippen LogP contribution < -0.4 is 10.0 Å². The number of ether oxygens (including phenoxy) is 1. The molecule has 1 aromatic carbocycles. The molecule has 1 heterocycles. The molecule has 0 bridgehead atoms. The maximum absolute atomic E-state index is 12.3. The van der Waals surface area contributed by atoms with Crippen molar-refractivity contribution in [2.75, 3.05) is 45.9 Å². The molecular formula is C16H23N3O4S. The number of amides is 1. The number of carbonyl (C=O) groups is 1. The minimum Gasteiger partial charge on any atom is -0.379 e. The van der Waals surface area contributed by atoms with E-state index in [1.807, 2.05) is 0 Å². The number of carbonyl (C=O) groups excluding carboxylic acids is 1. The molecule has 1 fully saturated rings. The summed E-state index contributed by atoms with van der Waals surface area (Å²) in [5, 5.41) is 2.64. The van der Waals surface area contributed by atoms with Gasteiger partial charge in [0, 0.05) is 38.3 Å². The highest BCUT2D eigenvalue weighted by Gasteiger charge is 2.16. The Labute approximate surface area is 142 Å². The van der Waals surface area contributed by atoms with E-state index >= 15 is 0 Å². The van der Waals surface area contributed by atoms with E-state index in [9.17, 15) is 13.2 Å². The van der Waals surface area contributed by atoms with Gasteiger partial charge in [0.15, 0.2) is 0 Å². The summed E-state index contributed by atoms with van der Waals surface area (Å²) >= 11 is 0. The van der Waals surface area contributed by atoms with E-state index in [1.165, 1.54) is 24.3 Å². The van der Waals surface area contributed by atoms with E-state index < -0.39 is 10.0 Å². The van der Waals surface area contributed by atoms with Crippen molar-refractivity contribution >= 4 is 15.9 Å². The summed E-state index contributed by atoms with van der Waals surface area (Å²) < 4.78 is 32.4. The van der Waals surface area contributed by atoms with Gasteiger partial charge in [0.1, 0.15) is 0 Å². The largest absolute Gasteiger partial charge is 0.379 e. The van der Waals surface area contributed by atoms with Gasteiger partial charge in [-0.1, -0.05) is 6.08 Å². The lowest BCUT2D eigenvalue weighted by molar-refractivity contribution is 0.0390. The Hall–Kier alpha value is -1.74. The van der Waals surface area contributed by atoms with Gasteiger partial charge in [-0.2, -0.15) is 0 Å². The summed E-state index contributed by atoms with van der Waals surface area (Å²) in [6.45, 7) is 7.86. The van der Waals surface area contributed by atoms with Crippen LogP contribution in [0, 0.1) is 0 Å². The molecule has 1 aliphatic heterocycles. The Morgan fingerprint density at radius 3 is 2.54 bits per heavy atom. The Balaban J connectivity index is 1.88. The van der Waals surface area contributed by atoms with Crippen molar-refractivity contribution in [1.82, 2.24) is 14.9 Å². The number of rotatable bonds is 8. The quantitative estimate of drug-likeness (QED) is 0.653. The van der Waals surface area contributed by atoms with Crippen LogP contribution in [0.3, 0.4) is 0 Å². The predicted octanol–water partition coefficient (Wildman–Crippen LogP) is 0.213. The van der Waals surface area contributed by atoms with Crippen molar-refractivity contribution in [3.63, 3.8) is 0 Å². The van der Waals surface area contributed by atoms with Gasteiger partial charge in [0.05, 0.1) is 18.1 Å². The first-order valence-electron chi connectivity index (χ1n) is 7.82. The van der Waals surface area contributed by atoms with E-state index in [1.54, 1.807) is 6.08 Å². The molecule has 7 nitrogen and oxygen atoms in total. The molecule has 24 heavy (non-hydrogen) atoms. The topological polar surface area (TPSA) is 87.7 Å². The maximum Gasteiger partial charge on any atom is 0.251 e. The van der Waals surface area contributed by atoms with Crippen LogP contribution in [0.5, 0.6) is 0 Å². The average molecular weight is 353 g/mol. The van der Waals surface area contributed by atoms with Crippen LogP contribution in [0.2, 0.25) is 0 Å². The fourth-order valence-electron chi connectivity index (χ4n) is 2.30. The smallest absolute Gasteiger partial charge is 0.251 e. The summed E-state index contributed by atoms with van der Waals surface area (Å²) in [4.78, 5) is 14.1. The molecule has 8 heteroatoms. The average Bonchev–Trinajstić information content (AvgIpc) is 2.60. The maximum atomic E-state index is 12.3. The number of nitrogens with zero attached hydrogens (tertiary/aromatic N) is 1. The molecule has 1 saturated heterocycles. The molecule has 1 aromatic rings. The number of morpholine rings is 1. The fourth-order valence-corrected chi connectivity index (χ4v) is 3.32. The lowest BCUT2D eigenvalue weighted by Crippen LogP contribution is -2.41. The van der Waals surface area contributed by atoms with Crippen LogP contribution in [0.25, 0.3) is 0 Å². The molecule has 2 rings (SSSR count). The van der Waals surface area contributed by atoms with Crippen LogP contribution in [0.4, 0.5) is 0 Å². The van der Waals surface area contributed by atoms with Crippen molar-refractivity contribution in [1.29, 1.82) is 0 Å². The Morgan fingerprint density at radius 2 is 1.92 bits per heavy atom. The molecule has 0 atom stereocenters. The number of hydrogen-bond acceptors (Lipinski definition) is 5. The van der Waals surface area contributed by atoms with Gasteiger partial charge in [0.2, 0.25) is 10.0 Å². The SMILES string of the molecule is C=CCNC(=O)c1ccc(S(=O)(=O)NCCN2CCOCC2)cc1. The number of hydrogen-bond donors (Lipinski definition) is 2. The molecule has 0 radical (unpaired) electrons. The van der Waals surface area contributed by atoms with Gasteiger partial charge >= 0.3 is 0 Å². The molecule has 132 valence electrons. The third kappa shape index (κ3) is 5.41. The van der Waals surface area contributed by atoms with E-state index in [4.69, 9.17) is 4.74 Å². The summed E-state index contributed by atoms with van der Waals surface area (Å²) in [5.41, 5.74) is 0.407. The zero-order chi connectivity index (χ0) is 17.4. The van der Waals surface area contributed by atoms with E-state index in [-0.39, 0.29) is 10.8 Å². The van der Waals surface area contributed by atoms with Gasteiger partial charge in [-0.3, -0.25) is 9.69 Å². The van der Waals surface area contributed by atoms with E-state index in [2.05, 4.69) is 21.5 Å². The Bertz CT molecular complexity index is 652. The normalized spacial score (nSPS) is 15.8. The summed E-state index contributed by atoms with van der Waals surface area (Å²) in [6, 6.07) is 5.85. The Morgan fingerprint density at radius 1 is 1.25 bits per heavy atom. The van der Waals surface area contributed by atoms with Crippen LogP contribution in [-0.2, 0) is 14.8 Å². The minimum absolute atomic E-state index is 0.143. The highest BCUT2D eigenvalue weighted by atomic mass is 32.2. The third-order valence-electron chi connectivity index (χ3n) is 3.66. The molecule has 2 N–H and O–H groups in total. The summed E-state index contributed by atoms with van der Waals surface area (Å²) in [6.07, 6.45) is 1.58. The first kappa shape index (κ1) is 18.6.